The highest BCUT2D eigenvalue weighted by atomic mass is 16.7. The van der Waals surface area contributed by atoms with Crippen LogP contribution >= 0.6 is 0 Å². The Kier molecular flexibility index (Phi) is 6.49. The van der Waals surface area contributed by atoms with Crippen LogP contribution in [0.3, 0.4) is 0 Å². The van der Waals surface area contributed by atoms with Gasteiger partial charge in [0.2, 0.25) is 0 Å². The minimum Gasteiger partial charge on any atom is -0.355 e. The van der Waals surface area contributed by atoms with Gasteiger partial charge < -0.3 is 5.32 Å². The van der Waals surface area contributed by atoms with Crippen LogP contribution in [0.1, 0.15) is 16.7 Å². The van der Waals surface area contributed by atoms with E-state index in [4.69, 9.17) is 4.84 Å². The topological polar surface area (TPSA) is 55.2 Å². The third-order valence-corrected chi connectivity index (χ3v) is 5.64. The van der Waals surface area contributed by atoms with Crippen molar-refractivity contribution in [3.8, 4) is 11.3 Å². The van der Waals surface area contributed by atoms with Crippen molar-refractivity contribution in [1.82, 2.24) is 20.1 Å². The lowest BCUT2D eigenvalue weighted by atomic mass is 10.1. The molecule has 34 heavy (non-hydrogen) atoms. The number of para-hydroxylation sites is 1. The smallest absolute Gasteiger partial charge is 0.115 e. The number of hydrogen-bond acceptors (Lipinski definition) is 5. The van der Waals surface area contributed by atoms with Gasteiger partial charge in [-0.25, -0.2) is 4.68 Å². The molecular weight excluding hydrogens is 422 g/mol. The number of hydrogen-bond donors (Lipinski definition) is 1. The molecule has 3 aromatic carbocycles. The van der Waals surface area contributed by atoms with Gasteiger partial charge in [-0.2, -0.15) is 0 Å². The van der Waals surface area contributed by atoms with Crippen LogP contribution in [0.25, 0.3) is 11.3 Å². The van der Waals surface area contributed by atoms with Gasteiger partial charge in [0, 0.05) is 23.1 Å². The molecule has 2 heterocycles. The summed E-state index contributed by atoms with van der Waals surface area (Å²) in [5.41, 5.74) is 7.44. The highest BCUT2D eigenvalue weighted by Gasteiger charge is 2.12. The minimum atomic E-state index is 0.545. The largest absolute Gasteiger partial charge is 0.355 e. The lowest BCUT2D eigenvalue weighted by Crippen LogP contribution is -2.21. The Labute approximate surface area is 199 Å². The first-order valence-electron chi connectivity index (χ1n) is 11.4. The predicted octanol–water partition coefficient (Wildman–Crippen LogP) is 5.56. The standard InChI is InChI=1S/C28H27N5O/c1-22-11-13-23(14-12-22)19-32-20-28(30-31-32)26-9-5-6-10-27(26)29-25-15-17-33(18-16-25)34-21-24-7-3-2-4-8-24/h2-17,20,29H,18-19,21H2,1H3. The average molecular weight is 450 g/mol. The first-order chi connectivity index (χ1) is 16.7. The quantitative estimate of drug-likeness (QED) is 0.382. The van der Waals surface area contributed by atoms with Gasteiger partial charge in [0.25, 0.3) is 0 Å². The van der Waals surface area contributed by atoms with Crippen LogP contribution in [0.2, 0.25) is 0 Å². The van der Waals surface area contributed by atoms with E-state index in [0.717, 1.165) is 28.2 Å². The number of benzene rings is 3. The van der Waals surface area contributed by atoms with Crippen LogP contribution < -0.4 is 5.32 Å². The number of aryl methyl sites for hydroxylation is 1. The van der Waals surface area contributed by atoms with Gasteiger partial charge in [-0.05, 0) is 36.3 Å². The third kappa shape index (κ3) is 5.42. The molecule has 0 saturated heterocycles. The fourth-order valence-electron chi connectivity index (χ4n) is 3.75. The van der Waals surface area contributed by atoms with Crippen LogP contribution in [0, 0.1) is 6.92 Å². The molecule has 4 aromatic rings. The first kappa shape index (κ1) is 21.7. The average Bonchev–Trinajstić information content (AvgIpc) is 3.34. The van der Waals surface area contributed by atoms with E-state index in [1.165, 1.54) is 11.1 Å². The molecule has 1 aliphatic heterocycles. The number of aromatic nitrogens is 3. The molecule has 0 unspecified atom stereocenters. The van der Waals surface area contributed by atoms with E-state index in [2.05, 4.69) is 77.2 Å². The Hall–Kier alpha value is -4.16. The lowest BCUT2D eigenvalue weighted by molar-refractivity contribution is -0.124. The highest BCUT2D eigenvalue weighted by molar-refractivity contribution is 5.76. The second-order valence-electron chi connectivity index (χ2n) is 8.29. The molecule has 0 atom stereocenters. The molecule has 0 bridgehead atoms. The number of hydroxylamine groups is 2. The molecule has 5 rings (SSSR count). The molecule has 170 valence electrons. The van der Waals surface area contributed by atoms with Crippen LogP contribution in [-0.4, -0.2) is 26.6 Å². The molecule has 6 nitrogen and oxygen atoms in total. The van der Waals surface area contributed by atoms with Gasteiger partial charge in [0.05, 0.1) is 25.9 Å². The fourth-order valence-corrected chi connectivity index (χ4v) is 3.75. The Bertz CT molecular complexity index is 1290. The number of nitrogens with one attached hydrogen (secondary N) is 1. The van der Waals surface area contributed by atoms with Crippen molar-refractivity contribution in [2.45, 2.75) is 20.1 Å². The second kappa shape index (κ2) is 10.2. The lowest BCUT2D eigenvalue weighted by Gasteiger charge is -2.23. The molecule has 0 saturated carbocycles. The summed E-state index contributed by atoms with van der Waals surface area (Å²) >= 11 is 0. The third-order valence-electron chi connectivity index (χ3n) is 5.64. The summed E-state index contributed by atoms with van der Waals surface area (Å²) < 4.78 is 1.87. The Morgan fingerprint density at radius 1 is 0.912 bits per heavy atom. The van der Waals surface area contributed by atoms with Crippen LogP contribution in [-0.2, 0) is 18.0 Å². The zero-order chi connectivity index (χ0) is 23.2. The van der Waals surface area contributed by atoms with E-state index in [1.807, 2.05) is 58.5 Å². The van der Waals surface area contributed by atoms with Crippen molar-refractivity contribution in [2.24, 2.45) is 0 Å². The summed E-state index contributed by atoms with van der Waals surface area (Å²) in [5.74, 6) is 0. The maximum atomic E-state index is 5.87. The molecular formula is C28H27N5O. The van der Waals surface area contributed by atoms with Gasteiger partial charge in [0.1, 0.15) is 5.69 Å². The molecule has 6 heteroatoms. The van der Waals surface area contributed by atoms with Gasteiger partial charge in [0.15, 0.2) is 0 Å². The van der Waals surface area contributed by atoms with Gasteiger partial charge in [-0.1, -0.05) is 83.6 Å². The van der Waals surface area contributed by atoms with E-state index in [-0.39, 0.29) is 0 Å². The van der Waals surface area contributed by atoms with Gasteiger partial charge in [-0.15, -0.1) is 5.10 Å². The van der Waals surface area contributed by atoms with Crippen molar-refractivity contribution in [3.63, 3.8) is 0 Å². The Morgan fingerprint density at radius 2 is 1.71 bits per heavy atom. The maximum absolute atomic E-state index is 5.87. The summed E-state index contributed by atoms with van der Waals surface area (Å²) in [5, 5.41) is 14.1. The SMILES string of the molecule is Cc1ccc(Cn2cc(-c3ccccc3NC3=CCN(OCc4ccccc4)C=C3)nn2)cc1. The number of allylic oxidation sites excluding steroid dienone is 1. The van der Waals surface area contributed by atoms with Crippen LogP contribution in [0.4, 0.5) is 5.69 Å². The van der Waals surface area contributed by atoms with Crippen molar-refractivity contribution in [1.29, 1.82) is 0 Å². The molecule has 1 N–H and O–H groups in total. The van der Waals surface area contributed by atoms with Gasteiger partial charge in [-0.3, -0.25) is 9.90 Å². The second-order valence-corrected chi connectivity index (χ2v) is 8.29. The molecule has 1 aliphatic rings. The molecule has 0 amide bonds. The molecule has 0 radical (unpaired) electrons. The Morgan fingerprint density at radius 3 is 2.50 bits per heavy atom. The molecule has 0 spiro atoms. The van der Waals surface area contributed by atoms with E-state index in [1.54, 1.807) is 0 Å². The predicted molar refractivity (Wildman–Crippen MR) is 135 cm³/mol. The van der Waals surface area contributed by atoms with E-state index in [0.29, 0.717) is 19.7 Å². The zero-order valence-electron chi connectivity index (χ0n) is 19.1. The number of nitrogens with zero attached hydrogens (tertiary/aromatic N) is 4. The van der Waals surface area contributed by atoms with Crippen molar-refractivity contribution in [2.75, 3.05) is 11.9 Å². The highest BCUT2D eigenvalue weighted by Crippen LogP contribution is 2.28. The van der Waals surface area contributed by atoms with Crippen LogP contribution in [0.5, 0.6) is 0 Å². The summed E-state index contributed by atoms with van der Waals surface area (Å²) in [4.78, 5) is 5.87. The summed E-state index contributed by atoms with van der Waals surface area (Å²) in [6.45, 7) is 3.99. The summed E-state index contributed by atoms with van der Waals surface area (Å²) in [7, 11) is 0. The van der Waals surface area contributed by atoms with Gasteiger partial charge >= 0.3 is 0 Å². The monoisotopic (exact) mass is 449 g/mol. The minimum absolute atomic E-state index is 0.545. The fraction of sp³-hybridized carbons (Fsp3) is 0.143. The Balaban J connectivity index is 1.23. The molecule has 0 aliphatic carbocycles. The van der Waals surface area contributed by atoms with Crippen molar-refractivity contribution in [3.05, 3.63) is 126 Å². The van der Waals surface area contributed by atoms with E-state index < -0.39 is 0 Å². The first-order valence-corrected chi connectivity index (χ1v) is 11.4. The number of anilines is 1. The van der Waals surface area contributed by atoms with Crippen molar-refractivity contribution < 1.29 is 4.84 Å². The van der Waals surface area contributed by atoms with Crippen LogP contribution in [0.15, 0.2) is 109 Å². The van der Waals surface area contributed by atoms with E-state index in [9.17, 15) is 0 Å². The summed E-state index contributed by atoms with van der Waals surface area (Å²) in [6.07, 6.45) is 8.06. The molecule has 0 fully saturated rings. The normalized spacial score (nSPS) is 13.1. The number of rotatable bonds is 8. The summed E-state index contributed by atoms with van der Waals surface area (Å²) in [6, 6.07) is 26.8. The van der Waals surface area contributed by atoms with Crippen molar-refractivity contribution >= 4 is 5.69 Å². The molecule has 1 aromatic heterocycles. The maximum Gasteiger partial charge on any atom is 0.115 e. The van der Waals surface area contributed by atoms with E-state index >= 15 is 0 Å². The zero-order valence-corrected chi connectivity index (χ0v) is 19.1.